The van der Waals surface area contributed by atoms with Gasteiger partial charge in [0.1, 0.15) is 0 Å². The third-order valence-electron chi connectivity index (χ3n) is 5.61. The van der Waals surface area contributed by atoms with Gasteiger partial charge >= 0.3 is 0 Å². The number of carbonyl (C=O) groups is 1. The van der Waals surface area contributed by atoms with Crippen LogP contribution in [0.25, 0.3) is 0 Å². The van der Waals surface area contributed by atoms with E-state index in [1.807, 2.05) is 18.3 Å². The summed E-state index contributed by atoms with van der Waals surface area (Å²) in [5.41, 5.74) is 3.41. The van der Waals surface area contributed by atoms with Gasteiger partial charge in [0.2, 0.25) is 5.91 Å². The van der Waals surface area contributed by atoms with Crippen LogP contribution in [0, 0.1) is 0 Å². The van der Waals surface area contributed by atoms with Gasteiger partial charge in [0, 0.05) is 63.0 Å². The zero-order valence-electron chi connectivity index (χ0n) is 18.6. The van der Waals surface area contributed by atoms with Crippen molar-refractivity contribution < 1.29 is 4.79 Å². The Hall–Kier alpha value is -2.77. The van der Waals surface area contributed by atoms with Crippen LogP contribution in [-0.4, -0.2) is 52.3 Å². The number of hydrogen-bond donors (Lipinski definition) is 1. The SMILES string of the molecule is CCCn1ccnc1SCC(=O)Nc1ccc(N2CCN(Cc3ccccc3)CC2)cc1. The van der Waals surface area contributed by atoms with E-state index in [1.54, 1.807) is 6.20 Å². The van der Waals surface area contributed by atoms with Gasteiger partial charge in [-0.2, -0.15) is 0 Å². The van der Waals surface area contributed by atoms with Crippen LogP contribution in [0.15, 0.2) is 72.1 Å². The fourth-order valence-electron chi connectivity index (χ4n) is 3.94. The molecule has 0 atom stereocenters. The van der Waals surface area contributed by atoms with Crippen molar-refractivity contribution in [2.45, 2.75) is 31.6 Å². The minimum atomic E-state index is -0.0108. The second-order valence-electron chi connectivity index (χ2n) is 8.04. The molecular formula is C25H31N5OS. The lowest BCUT2D eigenvalue weighted by molar-refractivity contribution is -0.113. The van der Waals surface area contributed by atoms with Crippen LogP contribution in [0.2, 0.25) is 0 Å². The van der Waals surface area contributed by atoms with Gasteiger partial charge in [-0.3, -0.25) is 9.69 Å². The lowest BCUT2D eigenvalue weighted by Crippen LogP contribution is -2.45. The van der Waals surface area contributed by atoms with Crippen LogP contribution in [0.1, 0.15) is 18.9 Å². The van der Waals surface area contributed by atoms with Gasteiger partial charge in [-0.15, -0.1) is 0 Å². The molecule has 7 heteroatoms. The first kappa shape index (κ1) is 22.4. The number of benzene rings is 2. The molecule has 1 saturated heterocycles. The second-order valence-corrected chi connectivity index (χ2v) is 8.98. The maximum atomic E-state index is 12.4. The molecule has 1 N–H and O–H groups in total. The van der Waals surface area contributed by atoms with Crippen LogP contribution in [0.4, 0.5) is 11.4 Å². The number of thioether (sulfide) groups is 1. The van der Waals surface area contributed by atoms with Crippen molar-refractivity contribution in [3.8, 4) is 0 Å². The summed E-state index contributed by atoms with van der Waals surface area (Å²) >= 11 is 1.47. The van der Waals surface area contributed by atoms with Gasteiger partial charge in [-0.1, -0.05) is 49.0 Å². The maximum absolute atomic E-state index is 12.4. The lowest BCUT2D eigenvalue weighted by atomic mass is 10.2. The molecule has 1 aromatic heterocycles. The van der Waals surface area contributed by atoms with E-state index in [1.165, 1.54) is 23.0 Å². The van der Waals surface area contributed by atoms with E-state index in [4.69, 9.17) is 0 Å². The molecule has 0 radical (unpaired) electrons. The first-order valence-electron chi connectivity index (χ1n) is 11.3. The number of nitrogens with zero attached hydrogens (tertiary/aromatic N) is 4. The summed E-state index contributed by atoms with van der Waals surface area (Å²) in [6.07, 6.45) is 4.80. The van der Waals surface area contributed by atoms with Crippen molar-refractivity contribution in [2.24, 2.45) is 0 Å². The van der Waals surface area contributed by atoms with Crippen LogP contribution < -0.4 is 10.2 Å². The average molecular weight is 450 g/mol. The zero-order valence-corrected chi connectivity index (χ0v) is 19.4. The first-order valence-corrected chi connectivity index (χ1v) is 12.2. The van der Waals surface area contributed by atoms with Crippen LogP contribution in [0.5, 0.6) is 0 Å². The molecule has 168 valence electrons. The molecule has 2 heterocycles. The van der Waals surface area contributed by atoms with Gasteiger partial charge in [0.25, 0.3) is 0 Å². The molecule has 1 amide bonds. The number of anilines is 2. The van der Waals surface area contributed by atoms with Gasteiger partial charge in [0.15, 0.2) is 5.16 Å². The molecular weight excluding hydrogens is 418 g/mol. The van der Waals surface area contributed by atoms with Crippen molar-refractivity contribution in [1.29, 1.82) is 0 Å². The predicted octanol–water partition coefficient (Wildman–Crippen LogP) is 4.35. The zero-order chi connectivity index (χ0) is 22.2. The Labute approximate surface area is 194 Å². The van der Waals surface area contributed by atoms with Crippen molar-refractivity contribution in [2.75, 3.05) is 42.1 Å². The van der Waals surface area contributed by atoms with Crippen LogP contribution >= 0.6 is 11.8 Å². The minimum absolute atomic E-state index is 0.0108. The van der Waals surface area contributed by atoms with Gasteiger partial charge in [0.05, 0.1) is 5.75 Å². The normalized spacial score (nSPS) is 14.5. The van der Waals surface area contributed by atoms with Gasteiger partial charge in [-0.05, 0) is 36.2 Å². The summed E-state index contributed by atoms with van der Waals surface area (Å²) in [5, 5.41) is 3.89. The third-order valence-corrected chi connectivity index (χ3v) is 6.62. The Morgan fingerprint density at radius 2 is 1.78 bits per heavy atom. The quantitative estimate of drug-likeness (QED) is 0.493. The maximum Gasteiger partial charge on any atom is 0.234 e. The number of aryl methyl sites for hydroxylation is 1. The minimum Gasteiger partial charge on any atom is -0.369 e. The number of hydrogen-bond acceptors (Lipinski definition) is 5. The van der Waals surface area contributed by atoms with E-state index in [0.717, 1.165) is 56.5 Å². The Balaban J connectivity index is 1.22. The smallest absolute Gasteiger partial charge is 0.234 e. The average Bonchev–Trinajstić information content (AvgIpc) is 3.27. The molecule has 1 fully saturated rings. The van der Waals surface area contributed by atoms with Crippen LogP contribution in [-0.2, 0) is 17.9 Å². The molecule has 1 aliphatic rings. The summed E-state index contributed by atoms with van der Waals surface area (Å²) in [5.74, 6) is 0.342. The summed E-state index contributed by atoms with van der Waals surface area (Å²) in [6, 6.07) is 18.8. The molecule has 0 aliphatic carbocycles. The van der Waals surface area contributed by atoms with Crippen molar-refractivity contribution in [1.82, 2.24) is 14.5 Å². The van der Waals surface area contributed by atoms with E-state index >= 15 is 0 Å². The monoisotopic (exact) mass is 449 g/mol. The van der Waals surface area contributed by atoms with E-state index < -0.39 is 0 Å². The molecule has 6 nitrogen and oxygen atoms in total. The second kappa shape index (κ2) is 11.2. The Bertz CT molecular complexity index is 981. The molecule has 1 aliphatic heterocycles. The standard InChI is InChI=1S/C25H31N5OS/c1-2-13-30-14-12-26-25(30)32-20-24(31)27-22-8-10-23(11-9-22)29-17-15-28(16-18-29)19-21-6-4-3-5-7-21/h3-12,14H,2,13,15-20H2,1H3,(H,27,31). The topological polar surface area (TPSA) is 53.4 Å². The largest absolute Gasteiger partial charge is 0.369 e. The summed E-state index contributed by atoms with van der Waals surface area (Å²) in [7, 11) is 0. The summed E-state index contributed by atoms with van der Waals surface area (Å²) in [6.45, 7) is 8.20. The number of aromatic nitrogens is 2. The molecule has 2 aromatic carbocycles. The fraction of sp³-hybridized carbons (Fsp3) is 0.360. The number of imidazole rings is 1. The Morgan fingerprint density at radius 3 is 2.50 bits per heavy atom. The molecule has 0 spiro atoms. The van der Waals surface area contributed by atoms with Crippen LogP contribution in [0.3, 0.4) is 0 Å². The highest BCUT2D eigenvalue weighted by Crippen LogP contribution is 2.21. The first-order chi connectivity index (χ1) is 15.7. The predicted molar refractivity (Wildman–Crippen MR) is 132 cm³/mol. The summed E-state index contributed by atoms with van der Waals surface area (Å²) < 4.78 is 2.09. The lowest BCUT2D eigenvalue weighted by Gasteiger charge is -2.36. The molecule has 0 saturated carbocycles. The highest BCUT2D eigenvalue weighted by Gasteiger charge is 2.17. The van der Waals surface area contributed by atoms with Gasteiger partial charge < -0.3 is 14.8 Å². The Kier molecular flexibility index (Phi) is 7.85. The van der Waals surface area contributed by atoms with Crippen molar-refractivity contribution >= 4 is 29.0 Å². The van der Waals surface area contributed by atoms with E-state index in [2.05, 4.69) is 74.1 Å². The number of carbonyl (C=O) groups excluding carboxylic acids is 1. The molecule has 0 bridgehead atoms. The highest BCUT2D eigenvalue weighted by molar-refractivity contribution is 7.99. The highest BCUT2D eigenvalue weighted by atomic mass is 32.2. The fourth-order valence-corrected chi connectivity index (χ4v) is 4.72. The number of rotatable bonds is 9. The summed E-state index contributed by atoms with van der Waals surface area (Å²) in [4.78, 5) is 21.6. The Morgan fingerprint density at radius 1 is 1.03 bits per heavy atom. The third kappa shape index (κ3) is 6.14. The molecule has 3 aromatic rings. The molecule has 4 rings (SSSR count). The van der Waals surface area contributed by atoms with E-state index in [0.29, 0.717) is 5.75 Å². The van der Waals surface area contributed by atoms with E-state index in [9.17, 15) is 4.79 Å². The van der Waals surface area contributed by atoms with Crippen molar-refractivity contribution in [3.05, 3.63) is 72.6 Å². The van der Waals surface area contributed by atoms with Gasteiger partial charge in [-0.25, -0.2) is 4.98 Å². The van der Waals surface area contributed by atoms with E-state index in [-0.39, 0.29) is 5.91 Å². The number of amides is 1. The van der Waals surface area contributed by atoms with Crippen molar-refractivity contribution in [3.63, 3.8) is 0 Å². The number of piperazine rings is 1. The molecule has 32 heavy (non-hydrogen) atoms. The number of nitrogens with one attached hydrogen (secondary N) is 1. The molecule has 0 unspecified atom stereocenters.